The summed E-state index contributed by atoms with van der Waals surface area (Å²) < 4.78 is 0. The van der Waals surface area contributed by atoms with E-state index in [0.29, 0.717) is 13.1 Å². The Morgan fingerprint density at radius 2 is 2.07 bits per heavy atom. The number of rotatable bonds is 4. The zero-order chi connectivity index (χ0) is 10.6. The molecule has 0 atom stereocenters. The van der Waals surface area contributed by atoms with Crippen LogP contribution in [0.5, 0.6) is 0 Å². The van der Waals surface area contributed by atoms with Crippen molar-refractivity contribution in [1.29, 1.82) is 0 Å². The van der Waals surface area contributed by atoms with Crippen LogP contribution in [0, 0.1) is 0 Å². The molecule has 0 spiro atoms. The molecule has 0 heterocycles. The predicted molar refractivity (Wildman–Crippen MR) is 57.1 cm³/mol. The Hall–Kier alpha value is -1.19. The largest absolute Gasteiger partial charge is 0.330 e. The van der Waals surface area contributed by atoms with Gasteiger partial charge in [0.05, 0.1) is 0 Å². The maximum absolute atomic E-state index is 11.3. The van der Waals surface area contributed by atoms with Crippen molar-refractivity contribution in [3.8, 4) is 0 Å². The summed E-state index contributed by atoms with van der Waals surface area (Å²) in [5, 5.41) is 0. The van der Waals surface area contributed by atoms with Gasteiger partial charge >= 0.3 is 0 Å². The Kier molecular flexibility index (Phi) is 3.80. The minimum absolute atomic E-state index is 0.0806. The first-order valence-electron chi connectivity index (χ1n) is 4.72. The van der Waals surface area contributed by atoms with Gasteiger partial charge in [0.15, 0.2) is 5.78 Å². The van der Waals surface area contributed by atoms with E-state index in [0.717, 1.165) is 23.1 Å². The molecule has 0 aliphatic carbocycles. The molecule has 3 heteroatoms. The highest BCUT2D eigenvalue weighted by molar-refractivity contribution is 5.95. The molecule has 14 heavy (non-hydrogen) atoms. The van der Waals surface area contributed by atoms with Crippen molar-refractivity contribution in [2.75, 3.05) is 6.54 Å². The highest BCUT2D eigenvalue weighted by atomic mass is 16.1. The minimum Gasteiger partial charge on any atom is -0.330 e. The Morgan fingerprint density at radius 1 is 1.36 bits per heavy atom. The van der Waals surface area contributed by atoms with Crippen LogP contribution in [0.1, 0.15) is 28.4 Å². The van der Waals surface area contributed by atoms with Crippen LogP contribution >= 0.6 is 0 Å². The van der Waals surface area contributed by atoms with Gasteiger partial charge in [0.25, 0.3) is 0 Å². The zero-order valence-electron chi connectivity index (χ0n) is 8.42. The smallest absolute Gasteiger partial charge is 0.160 e. The summed E-state index contributed by atoms with van der Waals surface area (Å²) in [5.74, 6) is 0.0806. The van der Waals surface area contributed by atoms with Gasteiger partial charge in [0.2, 0.25) is 0 Å². The number of hydrogen-bond donors (Lipinski definition) is 2. The van der Waals surface area contributed by atoms with Crippen LogP contribution in [-0.4, -0.2) is 12.3 Å². The Morgan fingerprint density at radius 3 is 2.57 bits per heavy atom. The van der Waals surface area contributed by atoms with E-state index in [9.17, 15) is 4.79 Å². The maximum atomic E-state index is 11.3. The molecule has 0 unspecified atom stereocenters. The third-order valence-corrected chi connectivity index (χ3v) is 2.20. The van der Waals surface area contributed by atoms with E-state index < -0.39 is 0 Å². The van der Waals surface area contributed by atoms with Crippen LogP contribution < -0.4 is 11.5 Å². The van der Waals surface area contributed by atoms with E-state index in [1.807, 2.05) is 18.2 Å². The van der Waals surface area contributed by atoms with Crippen LogP contribution in [0.15, 0.2) is 18.2 Å². The summed E-state index contributed by atoms with van der Waals surface area (Å²) in [6.45, 7) is 2.61. The van der Waals surface area contributed by atoms with Crippen molar-refractivity contribution in [2.45, 2.75) is 19.9 Å². The molecule has 1 aromatic rings. The van der Waals surface area contributed by atoms with Crippen molar-refractivity contribution in [2.24, 2.45) is 11.5 Å². The number of hydrogen-bond acceptors (Lipinski definition) is 3. The molecule has 1 aromatic carbocycles. The molecule has 0 aliphatic heterocycles. The van der Waals surface area contributed by atoms with Gasteiger partial charge in [-0.25, -0.2) is 0 Å². The number of carbonyl (C=O) groups excluding carboxylic acids is 1. The van der Waals surface area contributed by atoms with Crippen LogP contribution in [0.2, 0.25) is 0 Å². The first-order chi connectivity index (χ1) is 6.69. The normalized spacial score (nSPS) is 10.2. The maximum Gasteiger partial charge on any atom is 0.160 e. The van der Waals surface area contributed by atoms with Crippen molar-refractivity contribution in [3.05, 3.63) is 34.9 Å². The molecule has 0 amide bonds. The summed E-state index contributed by atoms with van der Waals surface area (Å²) in [5.41, 5.74) is 13.8. The van der Waals surface area contributed by atoms with Crippen LogP contribution in [0.3, 0.4) is 0 Å². The van der Waals surface area contributed by atoms with Crippen molar-refractivity contribution < 1.29 is 4.79 Å². The number of ketones is 1. The van der Waals surface area contributed by atoms with E-state index in [1.54, 1.807) is 6.92 Å². The van der Waals surface area contributed by atoms with Gasteiger partial charge in [-0.15, -0.1) is 0 Å². The monoisotopic (exact) mass is 192 g/mol. The molecule has 0 aliphatic rings. The second-order valence-electron chi connectivity index (χ2n) is 3.29. The fraction of sp³-hybridized carbons (Fsp3) is 0.364. The highest BCUT2D eigenvalue weighted by Gasteiger charge is 2.06. The van der Waals surface area contributed by atoms with Gasteiger partial charge < -0.3 is 11.5 Å². The Balaban J connectivity index is 3.10. The molecule has 0 saturated carbocycles. The van der Waals surface area contributed by atoms with Gasteiger partial charge in [0, 0.05) is 12.1 Å². The lowest BCUT2D eigenvalue weighted by Crippen LogP contribution is -2.09. The zero-order valence-corrected chi connectivity index (χ0v) is 8.42. The summed E-state index contributed by atoms with van der Waals surface area (Å²) >= 11 is 0. The average Bonchev–Trinajstić information content (AvgIpc) is 2.17. The lowest BCUT2D eigenvalue weighted by Gasteiger charge is -2.07. The van der Waals surface area contributed by atoms with E-state index in [1.165, 1.54) is 0 Å². The molecule has 3 nitrogen and oxygen atoms in total. The minimum atomic E-state index is 0.0806. The highest BCUT2D eigenvalue weighted by Crippen LogP contribution is 2.13. The lowest BCUT2D eigenvalue weighted by atomic mass is 9.99. The lowest BCUT2D eigenvalue weighted by molar-refractivity contribution is 0.101. The first-order valence-corrected chi connectivity index (χ1v) is 4.72. The Bertz CT molecular complexity index is 334. The van der Waals surface area contributed by atoms with Crippen molar-refractivity contribution in [3.63, 3.8) is 0 Å². The summed E-state index contributed by atoms with van der Waals surface area (Å²) in [6, 6.07) is 5.68. The third kappa shape index (κ3) is 2.40. The molecule has 0 radical (unpaired) electrons. The molecule has 0 bridgehead atoms. The molecule has 1 rings (SSSR count). The number of nitrogens with two attached hydrogens (primary N) is 2. The second kappa shape index (κ2) is 4.88. The Labute approximate surface area is 84.1 Å². The van der Waals surface area contributed by atoms with Gasteiger partial charge in [-0.05, 0) is 31.0 Å². The summed E-state index contributed by atoms with van der Waals surface area (Å²) in [6.07, 6.45) is 0.725. The number of benzene rings is 1. The fourth-order valence-corrected chi connectivity index (χ4v) is 1.48. The molecule has 76 valence electrons. The quantitative estimate of drug-likeness (QED) is 0.695. The van der Waals surface area contributed by atoms with Gasteiger partial charge in [-0.1, -0.05) is 18.2 Å². The predicted octanol–water partition coefficient (Wildman–Crippen LogP) is 0.849. The topological polar surface area (TPSA) is 69.1 Å². The molecule has 4 N–H and O–H groups in total. The van der Waals surface area contributed by atoms with Crippen LogP contribution in [0.25, 0.3) is 0 Å². The number of Topliss-reactive ketones (excluding diaryl/α,β-unsaturated/α-hetero) is 1. The van der Waals surface area contributed by atoms with Crippen molar-refractivity contribution in [1.82, 2.24) is 0 Å². The van der Waals surface area contributed by atoms with E-state index >= 15 is 0 Å². The summed E-state index contributed by atoms with van der Waals surface area (Å²) in [4.78, 5) is 11.3. The number of carbonyl (C=O) groups is 1. The van der Waals surface area contributed by atoms with E-state index in [2.05, 4.69) is 0 Å². The molecular formula is C11H16N2O. The van der Waals surface area contributed by atoms with E-state index in [4.69, 9.17) is 11.5 Å². The van der Waals surface area contributed by atoms with Gasteiger partial charge in [-0.3, -0.25) is 4.79 Å². The summed E-state index contributed by atoms with van der Waals surface area (Å²) in [7, 11) is 0. The standard InChI is InChI=1S/C11H16N2O/c1-8(14)11-3-2-9(7-13)6-10(11)4-5-12/h2-3,6H,4-5,7,12-13H2,1H3. The van der Waals surface area contributed by atoms with Gasteiger partial charge in [0.1, 0.15) is 0 Å². The average molecular weight is 192 g/mol. The van der Waals surface area contributed by atoms with E-state index in [-0.39, 0.29) is 5.78 Å². The van der Waals surface area contributed by atoms with Crippen molar-refractivity contribution >= 4 is 5.78 Å². The van der Waals surface area contributed by atoms with Crippen LogP contribution in [0.4, 0.5) is 0 Å². The molecule has 0 saturated heterocycles. The second-order valence-corrected chi connectivity index (χ2v) is 3.29. The molecular weight excluding hydrogens is 176 g/mol. The first kappa shape index (κ1) is 10.9. The van der Waals surface area contributed by atoms with Crippen LogP contribution in [-0.2, 0) is 13.0 Å². The SMILES string of the molecule is CC(=O)c1ccc(CN)cc1CCN. The van der Waals surface area contributed by atoms with Gasteiger partial charge in [-0.2, -0.15) is 0 Å². The molecule has 0 aromatic heterocycles. The molecule has 0 fully saturated rings. The fourth-order valence-electron chi connectivity index (χ4n) is 1.48. The third-order valence-electron chi connectivity index (χ3n) is 2.20.